The molecule has 1 aromatic carbocycles. The number of alkyl halides is 2. The summed E-state index contributed by atoms with van der Waals surface area (Å²) in [5.74, 6) is -0.376. The van der Waals surface area contributed by atoms with E-state index < -0.39 is 35.1 Å². The fraction of sp³-hybridized carbons (Fsp3) is 0.250. The number of amides is 1. The predicted octanol–water partition coefficient (Wildman–Crippen LogP) is 3.03. The van der Waals surface area contributed by atoms with Gasteiger partial charge in [-0.15, -0.1) is 5.10 Å². The first kappa shape index (κ1) is 24.5. The highest BCUT2D eigenvalue weighted by Gasteiger charge is 2.38. The van der Waals surface area contributed by atoms with Crippen molar-refractivity contribution in [1.82, 2.24) is 20.0 Å². The topological polar surface area (TPSA) is 154 Å². The van der Waals surface area contributed by atoms with Crippen LogP contribution in [0.25, 0.3) is 11.4 Å². The number of carbonyl (C=O) groups is 1. The molecular weight excluding hydrogens is 472 g/mol. The largest absolute Gasteiger partial charge is 0.465 e. The van der Waals surface area contributed by atoms with Crippen LogP contribution in [0.4, 0.5) is 25.1 Å². The average molecular weight is 491 g/mol. The fourth-order valence-electron chi connectivity index (χ4n) is 3.29. The van der Waals surface area contributed by atoms with Crippen LogP contribution < -0.4 is 9.62 Å². The zero-order valence-corrected chi connectivity index (χ0v) is 18.7. The van der Waals surface area contributed by atoms with Gasteiger partial charge in [0.1, 0.15) is 12.6 Å². The summed E-state index contributed by atoms with van der Waals surface area (Å²) >= 11 is 0. The Morgan fingerprint density at radius 2 is 1.94 bits per heavy atom. The van der Waals surface area contributed by atoms with Crippen LogP contribution >= 0.6 is 0 Å². The number of sulfonamides is 1. The Morgan fingerprint density at radius 3 is 2.47 bits per heavy atom. The van der Waals surface area contributed by atoms with E-state index in [-0.39, 0.29) is 34.2 Å². The van der Waals surface area contributed by atoms with Crippen molar-refractivity contribution >= 4 is 27.6 Å². The minimum atomic E-state index is -3.59. The summed E-state index contributed by atoms with van der Waals surface area (Å²) < 4.78 is 54.7. The van der Waals surface area contributed by atoms with E-state index >= 15 is 0 Å². The minimum absolute atomic E-state index is 0.0207. The molecule has 34 heavy (non-hydrogen) atoms. The summed E-state index contributed by atoms with van der Waals surface area (Å²) in [4.78, 5) is 16.9. The molecule has 0 bridgehead atoms. The zero-order valence-electron chi connectivity index (χ0n) is 17.9. The number of hydrogen-bond donors (Lipinski definition) is 2. The molecule has 3 aromatic rings. The lowest BCUT2D eigenvalue weighted by Crippen LogP contribution is -2.39. The number of carboxylic acid groups (broad SMARTS) is 1. The van der Waals surface area contributed by atoms with Gasteiger partial charge in [-0.25, -0.2) is 36.6 Å². The van der Waals surface area contributed by atoms with Crippen LogP contribution in [-0.4, -0.2) is 52.3 Å². The molecule has 2 aromatic heterocycles. The average Bonchev–Trinajstić information content (AvgIpc) is 3.16. The molecule has 11 nitrogen and oxygen atoms in total. The van der Waals surface area contributed by atoms with Gasteiger partial charge in [-0.3, -0.25) is 4.72 Å². The number of aromatic nitrogens is 4. The van der Waals surface area contributed by atoms with Crippen molar-refractivity contribution in [1.29, 1.82) is 5.26 Å². The highest BCUT2D eigenvalue weighted by molar-refractivity contribution is 7.92. The SMILES string of the molecule is Cc1nc(-c2nnn(CC#N)c2N(C(=O)O)C(c2ccccc2)C(F)F)ccc1NS(C)(=O)=O. The first-order chi connectivity index (χ1) is 16.0. The Hall–Kier alpha value is -4.12. The molecule has 14 heteroatoms. The number of hydrogen-bond acceptors (Lipinski definition) is 7. The van der Waals surface area contributed by atoms with Crippen LogP contribution in [-0.2, 0) is 16.6 Å². The number of aryl methyl sites for hydroxylation is 1. The van der Waals surface area contributed by atoms with E-state index in [4.69, 9.17) is 5.26 Å². The van der Waals surface area contributed by atoms with Crippen LogP contribution in [0.2, 0.25) is 0 Å². The summed E-state index contributed by atoms with van der Waals surface area (Å²) in [6, 6.07) is 9.89. The minimum Gasteiger partial charge on any atom is -0.465 e. The third kappa shape index (κ3) is 5.26. The van der Waals surface area contributed by atoms with Crippen molar-refractivity contribution in [2.75, 3.05) is 15.9 Å². The number of anilines is 2. The summed E-state index contributed by atoms with van der Waals surface area (Å²) in [5, 5.41) is 26.8. The number of nitrogens with zero attached hydrogens (tertiary/aromatic N) is 6. The van der Waals surface area contributed by atoms with Gasteiger partial charge in [0.25, 0.3) is 6.43 Å². The van der Waals surface area contributed by atoms with E-state index in [0.717, 1.165) is 10.9 Å². The van der Waals surface area contributed by atoms with Crippen LogP contribution in [0.1, 0.15) is 17.3 Å². The molecule has 1 atom stereocenters. The molecule has 2 N–H and O–H groups in total. The van der Waals surface area contributed by atoms with Gasteiger partial charge in [0.05, 0.1) is 29.4 Å². The molecular formula is C20H19F2N7O4S. The molecule has 0 aliphatic rings. The van der Waals surface area contributed by atoms with Crippen LogP contribution in [0.15, 0.2) is 42.5 Å². The summed E-state index contributed by atoms with van der Waals surface area (Å²) in [7, 11) is -3.59. The van der Waals surface area contributed by atoms with Gasteiger partial charge < -0.3 is 5.11 Å². The maximum Gasteiger partial charge on any atom is 0.413 e. The Morgan fingerprint density at radius 1 is 1.26 bits per heavy atom. The lowest BCUT2D eigenvalue weighted by molar-refractivity contribution is 0.107. The first-order valence-electron chi connectivity index (χ1n) is 9.65. The number of rotatable bonds is 8. The molecule has 0 aliphatic carbocycles. The van der Waals surface area contributed by atoms with Crippen LogP contribution in [0.3, 0.4) is 0 Å². The smallest absolute Gasteiger partial charge is 0.413 e. The van der Waals surface area contributed by atoms with Gasteiger partial charge >= 0.3 is 6.09 Å². The number of pyridine rings is 1. The Labute approximate surface area is 193 Å². The van der Waals surface area contributed by atoms with Gasteiger partial charge in [0.15, 0.2) is 11.5 Å². The van der Waals surface area contributed by atoms with Crippen molar-refractivity contribution in [3.63, 3.8) is 0 Å². The van der Waals surface area contributed by atoms with Crippen molar-refractivity contribution in [2.24, 2.45) is 0 Å². The van der Waals surface area contributed by atoms with Crippen molar-refractivity contribution in [2.45, 2.75) is 25.9 Å². The zero-order chi connectivity index (χ0) is 25.0. The van der Waals surface area contributed by atoms with Crippen LogP contribution in [0, 0.1) is 18.3 Å². The molecule has 0 radical (unpaired) electrons. The molecule has 0 fully saturated rings. The predicted molar refractivity (Wildman–Crippen MR) is 118 cm³/mol. The maximum atomic E-state index is 14.2. The fourth-order valence-corrected chi connectivity index (χ4v) is 3.90. The van der Waals surface area contributed by atoms with Gasteiger partial charge in [-0.2, -0.15) is 5.26 Å². The maximum absolute atomic E-state index is 14.2. The Kier molecular flexibility index (Phi) is 7.06. The molecule has 0 aliphatic heterocycles. The van der Waals surface area contributed by atoms with E-state index in [1.165, 1.54) is 43.3 Å². The van der Waals surface area contributed by atoms with Gasteiger partial charge in [-0.05, 0) is 24.6 Å². The van der Waals surface area contributed by atoms with Gasteiger partial charge in [0.2, 0.25) is 10.0 Å². The van der Waals surface area contributed by atoms with E-state index in [1.54, 1.807) is 12.1 Å². The summed E-state index contributed by atoms with van der Waals surface area (Å²) in [5.41, 5.74) is 0.282. The standard InChI is InChI=1S/C20H19F2N7O4S/c1-12-14(26-34(2,32)33)8-9-15(24-12)16-19(28(11-10-23)27-25-16)29(20(30)31)17(18(21)22)13-6-4-3-5-7-13/h3-9,17-18,26H,11H2,1-2H3,(H,30,31). The van der Waals surface area contributed by atoms with Crippen molar-refractivity contribution in [3.8, 4) is 17.5 Å². The Bertz CT molecular complexity index is 1340. The summed E-state index contributed by atoms with van der Waals surface area (Å²) in [6.45, 7) is 1.03. The second kappa shape index (κ2) is 9.79. The van der Waals surface area contributed by atoms with E-state index in [9.17, 15) is 27.1 Å². The highest BCUT2D eigenvalue weighted by atomic mass is 32.2. The molecule has 2 heterocycles. The van der Waals surface area contributed by atoms with Gasteiger partial charge in [0, 0.05) is 0 Å². The normalized spacial score (nSPS) is 12.2. The van der Waals surface area contributed by atoms with E-state index in [0.29, 0.717) is 4.90 Å². The third-order valence-corrected chi connectivity index (χ3v) is 5.24. The molecule has 0 spiro atoms. The molecule has 0 saturated carbocycles. The van der Waals surface area contributed by atoms with Crippen molar-refractivity contribution in [3.05, 3.63) is 53.7 Å². The molecule has 3 rings (SSSR count). The van der Waals surface area contributed by atoms with Crippen LogP contribution in [0.5, 0.6) is 0 Å². The van der Waals surface area contributed by atoms with Gasteiger partial charge in [-0.1, -0.05) is 35.5 Å². The molecule has 178 valence electrons. The number of nitriles is 1. The molecule has 1 amide bonds. The highest BCUT2D eigenvalue weighted by Crippen LogP contribution is 2.37. The number of nitrogens with one attached hydrogen (secondary N) is 1. The molecule has 1 unspecified atom stereocenters. The number of halogens is 2. The number of benzene rings is 1. The first-order valence-corrected chi connectivity index (χ1v) is 11.5. The monoisotopic (exact) mass is 491 g/mol. The lowest BCUT2D eigenvalue weighted by Gasteiger charge is -2.29. The van der Waals surface area contributed by atoms with E-state index in [1.807, 2.05) is 0 Å². The third-order valence-electron chi connectivity index (χ3n) is 4.65. The Balaban J connectivity index is 2.21. The quantitative estimate of drug-likeness (QED) is 0.487. The molecule has 0 saturated heterocycles. The second-order valence-electron chi connectivity index (χ2n) is 7.12. The van der Waals surface area contributed by atoms with E-state index in [2.05, 4.69) is 20.0 Å². The summed E-state index contributed by atoms with van der Waals surface area (Å²) in [6.07, 6.45) is -3.89. The lowest BCUT2D eigenvalue weighted by atomic mass is 10.1. The second-order valence-corrected chi connectivity index (χ2v) is 8.87. The van der Waals surface area contributed by atoms with Crippen molar-refractivity contribution < 1.29 is 27.1 Å².